The zero-order valence-electron chi connectivity index (χ0n) is 10.1. The number of rotatable bonds is 3. The Morgan fingerprint density at radius 2 is 2.25 bits per heavy atom. The Morgan fingerprint density at radius 3 is 3.06 bits per heavy atom. The standard InChI is InChI=1S/C12H22N2O2/c1-2-3-6-16-12(15)14-5-4-10-7-13-8-11(10)9-14/h10-11,13H,2-9H2,1H3. The van der Waals surface area contributed by atoms with Gasteiger partial charge in [-0.1, -0.05) is 13.3 Å². The molecule has 16 heavy (non-hydrogen) atoms. The number of hydrogen-bond donors (Lipinski definition) is 1. The minimum atomic E-state index is -0.112. The van der Waals surface area contributed by atoms with Gasteiger partial charge in [0.15, 0.2) is 0 Å². The third-order valence-corrected chi connectivity index (χ3v) is 3.69. The first-order valence-electron chi connectivity index (χ1n) is 6.43. The van der Waals surface area contributed by atoms with Crippen LogP contribution in [-0.2, 0) is 4.74 Å². The Morgan fingerprint density at radius 1 is 1.44 bits per heavy atom. The first-order valence-corrected chi connectivity index (χ1v) is 6.43. The first-order chi connectivity index (χ1) is 7.81. The van der Waals surface area contributed by atoms with Gasteiger partial charge in [0, 0.05) is 13.1 Å². The summed E-state index contributed by atoms with van der Waals surface area (Å²) in [5.41, 5.74) is 0. The normalized spacial score (nSPS) is 28.9. The van der Waals surface area contributed by atoms with Crippen LogP contribution in [0.2, 0.25) is 0 Å². The number of nitrogens with one attached hydrogen (secondary N) is 1. The highest BCUT2D eigenvalue weighted by molar-refractivity contribution is 5.67. The van der Waals surface area contributed by atoms with Gasteiger partial charge in [-0.2, -0.15) is 0 Å². The Bertz CT molecular complexity index is 245. The van der Waals surface area contributed by atoms with E-state index in [0.717, 1.165) is 51.4 Å². The number of hydrogen-bond acceptors (Lipinski definition) is 3. The molecule has 92 valence electrons. The molecule has 2 rings (SSSR count). The van der Waals surface area contributed by atoms with Crippen LogP contribution in [0.5, 0.6) is 0 Å². The number of ether oxygens (including phenoxy) is 1. The van der Waals surface area contributed by atoms with Crippen LogP contribution in [0.25, 0.3) is 0 Å². The van der Waals surface area contributed by atoms with E-state index < -0.39 is 0 Å². The summed E-state index contributed by atoms with van der Waals surface area (Å²) >= 11 is 0. The van der Waals surface area contributed by atoms with E-state index in [1.165, 1.54) is 0 Å². The van der Waals surface area contributed by atoms with Crippen molar-refractivity contribution in [2.45, 2.75) is 26.2 Å². The van der Waals surface area contributed by atoms with Crippen LogP contribution in [0.15, 0.2) is 0 Å². The molecular weight excluding hydrogens is 204 g/mol. The molecule has 2 unspecified atom stereocenters. The zero-order chi connectivity index (χ0) is 11.4. The van der Waals surface area contributed by atoms with Crippen molar-refractivity contribution < 1.29 is 9.53 Å². The van der Waals surface area contributed by atoms with Crippen molar-refractivity contribution in [3.05, 3.63) is 0 Å². The van der Waals surface area contributed by atoms with E-state index in [1.54, 1.807) is 0 Å². The molecule has 2 saturated heterocycles. The molecule has 0 bridgehead atoms. The van der Waals surface area contributed by atoms with Gasteiger partial charge in [-0.3, -0.25) is 0 Å². The highest BCUT2D eigenvalue weighted by Crippen LogP contribution is 2.26. The average molecular weight is 226 g/mol. The molecule has 4 nitrogen and oxygen atoms in total. The lowest BCUT2D eigenvalue weighted by Crippen LogP contribution is -2.43. The Kier molecular flexibility index (Phi) is 4.04. The van der Waals surface area contributed by atoms with Crippen molar-refractivity contribution in [2.24, 2.45) is 11.8 Å². The van der Waals surface area contributed by atoms with Gasteiger partial charge in [0.2, 0.25) is 0 Å². The zero-order valence-corrected chi connectivity index (χ0v) is 10.1. The van der Waals surface area contributed by atoms with E-state index in [2.05, 4.69) is 12.2 Å². The van der Waals surface area contributed by atoms with E-state index in [9.17, 15) is 4.79 Å². The molecule has 4 heteroatoms. The van der Waals surface area contributed by atoms with Gasteiger partial charge in [0.25, 0.3) is 0 Å². The molecule has 0 aromatic carbocycles. The Hall–Kier alpha value is -0.770. The minimum absolute atomic E-state index is 0.112. The molecule has 0 aliphatic carbocycles. The Balaban J connectivity index is 1.75. The number of nitrogens with zero attached hydrogens (tertiary/aromatic N) is 1. The summed E-state index contributed by atoms with van der Waals surface area (Å²) in [6.45, 7) is 6.60. The number of fused-ring (bicyclic) bond motifs is 1. The van der Waals surface area contributed by atoms with Crippen LogP contribution in [0.3, 0.4) is 0 Å². The van der Waals surface area contributed by atoms with Crippen molar-refractivity contribution in [1.82, 2.24) is 10.2 Å². The smallest absolute Gasteiger partial charge is 0.409 e. The SMILES string of the molecule is CCCCOC(=O)N1CCC2CNCC2C1. The van der Waals surface area contributed by atoms with Crippen molar-refractivity contribution in [1.29, 1.82) is 0 Å². The second kappa shape index (κ2) is 5.53. The summed E-state index contributed by atoms with van der Waals surface area (Å²) < 4.78 is 5.24. The summed E-state index contributed by atoms with van der Waals surface area (Å²) in [5.74, 6) is 1.42. The minimum Gasteiger partial charge on any atom is -0.449 e. The van der Waals surface area contributed by atoms with Crippen LogP contribution in [0.4, 0.5) is 4.79 Å². The fraction of sp³-hybridized carbons (Fsp3) is 0.917. The third kappa shape index (κ3) is 2.67. The predicted octanol–water partition coefficient (Wildman–Crippen LogP) is 1.46. The summed E-state index contributed by atoms with van der Waals surface area (Å²) in [5, 5.41) is 3.40. The van der Waals surface area contributed by atoms with Crippen LogP contribution < -0.4 is 5.32 Å². The molecule has 0 aromatic rings. The van der Waals surface area contributed by atoms with Crippen molar-refractivity contribution in [2.75, 3.05) is 32.8 Å². The Labute approximate surface area is 97.3 Å². The number of carbonyl (C=O) groups excluding carboxylic acids is 1. The summed E-state index contributed by atoms with van der Waals surface area (Å²) in [6, 6.07) is 0. The van der Waals surface area contributed by atoms with Gasteiger partial charge >= 0.3 is 6.09 Å². The lowest BCUT2D eigenvalue weighted by Gasteiger charge is -2.33. The molecule has 0 saturated carbocycles. The first kappa shape index (κ1) is 11.7. The second-order valence-corrected chi connectivity index (χ2v) is 4.88. The molecule has 2 aliphatic heterocycles. The van der Waals surface area contributed by atoms with E-state index in [1.807, 2.05) is 4.90 Å². The molecule has 1 N–H and O–H groups in total. The van der Waals surface area contributed by atoms with Crippen LogP contribution in [-0.4, -0.2) is 43.8 Å². The maximum atomic E-state index is 11.7. The molecule has 2 heterocycles. The van der Waals surface area contributed by atoms with Crippen LogP contribution in [0.1, 0.15) is 26.2 Å². The molecule has 2 fully saturated rings. The molecule has 0 spiro atoms. The van der Waals surface area contributed by atoms with Crippen molar-refractivity contribution >= 4 is 6.09 Å². The topological polar surface area (TPSA) is 41.6 Å². The van der Waals surface area contributed by atoms with Crippen LogP contribution in [0, 0.1) is 11.8 Å². The maximum Gasteiger partial charge on any atom is 0.409 e. The molecule has 1 amide bonds. The van der Waals surface area contributed by atoms with Gasteiger partial charge in [0.1, 0.15) is 0 Å². The highest BCUT2D eigenvalue weighted by Gasteiger charge is 2.34. The summed E-state index contributed by atoms with van der Waals surface area (Å²) in [7, 11) is 0. The molecule has 2 atom stereocenters. The van der Waals surface area contributed by atoms with Gasteiger partial charge in [0.05, 0.1) is 6.61 Å². The number of likely N-dealkylation sites (tertiary alicyclic amines) is 1. The van der Waals surface area contributed by atoms with E-state index in [0.29, 0.717) is 12.5 Å². The number of piperidine rings is 1. The van der Waals surface area contributed by atoms with E-state index in [4.69, 9.17) is 4.74 Å². The molecule has 2 aliphatic rings. The number of unbranched alkanes of at least 4 members (excludes halogenated alkanes) is 1. The fourth-order valence-electron chi connectivity index (χ4n) is 2.60. The monoisotopic (exact) mass is 226 g/mol. The highest BCUT2D eigenvalue weighted by atomic mass is 16.6. The quantitative estimate of drug-likeness (QED) is 0.741. The van der Waals surface area contributed by atoms with Gasteiger partial charge < -0.3 is 15.0 Å². The van der Waals surface area contributed by atoms with Crippen LogP contribution >= 0.6 is 0 Å². The van der Waals surface area contributed by atoms with E-state index in [-0.39, 0.29) is 6.09 Å². The lowest BCUT2D eigenvalue weighted by atomic mass is 9.89. The van der Waals surface area contributed by atoms with Gasteiger partial charge in [-0.05, 0) is 37.8 Å². The summed E-state index contributed by atoms with van der Waals surface area (Å²) in [6.07, 6.45) is 3.05. The fourth-order valence-corrected chi connectivity index (χ4v) is 2.60. The number of carbonyl (C=O) groups is 1. The van der Waals surface area contributed by atoms with Gasteiger partial charge in [-0.15, -0.1) is 0 Å². The third-order valence-electron chi connectivity index (χ3n) is 3.69. The van der Waals surface area contributed by atoms with Gasteiger partial charge in [-0.25, -0.2) is 4.79 Å². The maximum absolute atomic E-state index is 11.7. The lowest BCUT2D eigenvalue weighted by molar-refractivity contribution is 0.0771. The largest absolute Gasteiger partial charge is 0.449 e. The van der Waals surface area contributed by atoms with E-state index >= 15 is 0 Å². The molecular formula is C12H22N2O2. The predicted molar refractivity (Wildman–Crippen MR) is 62.3 cm³/mol. The van der Waals surface area contributed by atoms with Crippen molar-refractivity contribution in [3.63, 3.8) is 0 Å². The molecule has 0 radical (unpaired) electrons. The molecule has 0 aromatic heterocycles. The van der Waals surface area contributed by atoms with Crippen molar-refractivity contribution in [3.8, 4) is 0 Å². The second-order valence-electron chi connectivity index (χ2n) is 4.88. The average Bonchev–Trinajstić information content (AvgIpc) is 2.76. The number of amides is 1. The summed E-state index contributed by atoms with van der Waals surface area (Å²) in [4.78, 5) is 13.6.